The maximum atomic E-state index is 12.6. The highest BCUT2D eigenvalue weighted by molar-refractivity contribution is 5.95. The second-order valence-electron chi connectivity index (χ2n) is 5.68. The fraction of sp³-hybridized carbons (Fsp3) is 0.529. The molecule has 1 atom stereocenters. The summed E-state index contributed by atoms with van der Waals surface area (Å²) in [6, 6.07) is 7.05. The second kappa shape index (κ2) is 7.94. The quantitative estimate of drug-likeness (QED) is 0.909. The minimum absolute atomic E-state index is 0.0515. The molecule has 1 heterocycles. The lowest BCUT2D eigenvalue weighted by molar-refractivity contribution is -0.114. The van der Waals surface area contributed by atoms with Crippen LogP contribution in [0.15, 0.2) is 24.3 Å². The third-order valence-corrected chi connectivity index (χ3v) is 3.82. The van der Waals surface area contributed by atoms with Crippen molar-refractivity contribution >= 4 is 17.5 Å². The molecule has 5 heteroatoms. The normalized spacial score (nSPS) is 18.1. The lowest BCUT2D eigenvalue weighted by Gasteiger charge is -2.32. The van der Waals surface area contributed by atoms with Crippen LogP contribution in [-0.2, 0) is 9.53 Å². The van der Waals surface area contributed by atoms with Gasteiger partial charge in [-0.15, -0.1) is 0 Å². The van der Waals surface area contributed by atoms with Gasteiger partial charge in [0.25, 0.3) is 5.91 Å². The molecule has 1 aliphatic heterocycles. The average molecular weight is 304 g/mol. The number of piperidine rings is 1. The van der Waals surface area contributed by atoms with Gasteiger partial charge in [0.15, 0.2) is 0 Å². The number of hydrogen-bond donors (Lipinski definition) is 1. The largest absolute Gasteiger partial charge is 0.381 e. The molecule has 1 aromatic carbocycles. The van der Waals surface area contributed by atoms with E-state index >= 15 is 0 Å². The zero-order valence-corrected chi connectivity index (χ0v) is 13.3. The van der Waals surface area contributed by atoms with Crippen LogP contribution in [0.4, 0.5) is 5.69 Å². The Morgan fingerprint density at radius 2 is 2.05 bits per heavy atom. The highest BCUT2D eigenvalue weighted by Crippen LogP contribution is 2.20. The first-order valence-corrected chi connectivity index (χ1v) is 7.84. The maximum absolute atomic E-state index is 12.6. The van der Waals surface area contributed by atoms with Gasteiger partial charge in [-0.05, 0) is 49.9 Å². The van der Waals surface area contributed by atoms with E-state index in [9.17, 15) is 9.59 Å². The van der Waals surface area contributed by atoms with Crippen molar-refractivity contribution < 1.29 is 14.3 Å². The standard InChI is InChI=1S/C17H24N2O3/c1-3-22-12-14-5-4-10-19(11-14)17(21)15-6-8-16(9-7-15)18-13(2)20/h6-9,14H,3-5,10-12H2,1-2H3,(H,18,20). The third-order valence-electron chi connectivity index (χ3n) is 3.82. The molecular formula is C17H24N2O3. The lowest BCUT2D eigenvalue weighted by atomic mass is 9.98. The Hall–Kier alpha value is -1.88. The predicted molar refractivity (Wildman–Crippen MR) is 85.9 cm³/mol. The van der Waals surface area contributed by atoms with Gasteiger partial charge < -0.3 is 15.0 Å². The molecule has 22 heavy (non-hydrogen) atoms. The number of ether oxygens (including phenoxy) is 1. The molecule has 1 fully saturated rings. The van der Waals surface area contributed by atoms with Crippen LogP contribution in [-0.4, -0.2) is 43.0 Å². The topological polar surface area (TPSA) is 58.6 Å². The molecule has 0 aromatic heterocycles. The van der Waals surface area contributed by atoms with E-state index in [0.717, 1.165) is 39.1 Å². The second-order valence-corrected chi connectivity index (χ2v) is 5.68. The fourth-order valence-corrected chi connectivity index (χ4v) is 2.75. The zero-order chi connectivity index (χ0) is 15.9. The Labute approximate surface area is 131 Å². The molecule has 1 aliphatic rings. The molecule has 1 N–H and O–H groups in total. The van der Waals surface area contributed by atoms with Crippen LogP contribution in [0.2, 0.25) is 0 Å². The van der Waals surface area contributed by atoms with E-state index in [4.69, 9.17) is 4.74 Å². The molecule has 0 radical (unpaired) electrons. The van der Waals surface area contributed by atoms with E-state index in [-0.39, 0.29) is 11.8 Å². The summed E-state index contributed by atoms with van der Waals surface area (Å²) >= 11 is 0. The van der Waals surface area contributed by atoms with Crippen molar-refractivity contribution in [2.24, 2.45) is 5.92 Å². The summed E-state index contributed by atoms with van der Waals surface area (Å²) in [4.78, 5) is 25.5. The Morgan fingerprint density at radius 3 is 2.68 bits per heavy atom. The molecule has 0 spiro atoms. The van der Waals surface area contributed by atoms with Crippen molar-refractivity contribution in [1.29, 1.82) is 0 Å². The summed E-state index contributed by atoms with van der Waals surface area (Å²) in [5.74, 6) is 0.362. The molecule has 1 unspecified atom stereocenters. The smallest absolute Gasteiger partial charge is 0.253 e. The number of carbonyl (C=O) groups is 2. The number of hydrogen-bond acceptors (Lipinski definition) is 3. The Bertz CT molecular complexity index is 513. The Morgan fingerprint density at radius 1 is 1.32 bits per heavy atom. The number of rotatable bonds is 5. The van der Waals surface area contributed by atoms with Gasteiger partial charge in [0, 0.05) is 37.9 Å². The number of nitrogens with one attached hydrogen (secondary N) is 1. The highest BCUT2D eigenvalue weighted by Gasteiger charge is 2.24. The van der Waals surface area contributed by atoms with Crippen LogP contribution >= 0.6 is 0 Å². The first-order chi connectivity index (χ1) is 10.6. The van der Waals surface area contributed by atoms with E-state index in [1.807, 2.05) is 11.8 Å². The van der Waals surface area contributed by atoms with Gasteiger partial charge in [-0.2, -0.15) is 0 Å². The minimum Gasteiger partial charge on any atom is -0.381 e. The van der Waals surface area contributed by atoms with Gasteiger partial charge in [0.05, 0.1) is 6.61 Å². The van der Waals surface area contributed by atoms with E-state index in [2.05, 4.69) is 5.32 Å². The van der Waals surface area contributed by atoms with Gasteiger partial charge in [0.1, 0.15) is 0 Å². The monoisotopic (exact) mass is 304 g/mol. The Balaban J connectivity index is 1.96. The van der Waals surface area contributed by atoms with Gasteiger partial charge in [-0.3, -0.25) is 9.59 Å². The van der Waals surface area contributed by atoms with Crippen molar-refractivity contribution in [3.05, 3.63) is 29.8 Å². The first kappa shape index (κ1) is 16.5. The van der Waals surface area contributed by atoms with Gasteiger partial charge >= 0.3 is 0 Å². The summed E-state index contributed by atoms with van der Waals surface area (Å²) < 4.78 is 5.48. The molecule has 120 valence electrons. The fourth-order valence-electron chi connectivity index (χ4n) is 2.75. The maximum Gasteiger partial charge on any atom is 0.253 e. The van der Waals surface area contributed by atoms with Crippen LogP contribution < -0.4 is 5.32 Å². The number of benzene rings is 1. The molecule has 0 saturated carbocycles. The summed E-state index contributed by atoms with van der Waals surface area (Å²) in [6.45, 7) is 6.45. The molecule has 1 aromatic rings. The molecular weight excluding hydrogens is 280 g/mol. The minimum atomic E-state index is -0.117. The van der Waals surface area contributed by atoms with Crippen molar-refractivity contribution in [2.75, 3.05) is 31.6 Å². The summed E-state index contributed by atoms with van der Waals surface area (Å²) in [6.07, 6.45) is 2.14. The number of likely N-dealkylation sites (tertiary alicyclic amines) is 1. The van der Waals surface area contributed by atoms with Crippen LogP contribution in [0.3, 0.4) is 0 Å². The van der Waals surface area contributed by atoms with Crippen LogP contribution in [0.25, 0.3) is 0 Å². The number of amides is 2. The zero-order valence-electron chi connectivity index (χ0n) is 13.3. The van der Waals surface area contributed by atoms with Crippen molar-refractivity contribution in [1.82, 2.24) is 4.90 Å². The van der Waals surface area contributed by atoms with Crippen LogP contribution in [0, 0.1) is 5.92 Å². The van der Waals surface area contributed by atoms with Crippen molar-refractivity contribution in [3.63, 3.8) is 0 Å². The van der Waals surface area contributed by atoms with Gasteiger partial charge in [-0.1, -0.05) is 0 Å². The number of nitrogens with zero attached hydrogens (tertiary/aromatic N) is 1. The van der Waals surface area contributed by atoms with Crippen molar-refractivity contribution in [3.8, 4) is 0 Å². The lowest BCUT2D eigenvalue weighted by Crippen LogP contribution is -2.41. The molecule has 2 amide bonds. The SMILES string of the molecule is CCOCC1CCCN(C(=O)c2ccc(NC(C)=O)cc2)C1. The molecule has 1 saturated heterocycles. The molecule has 0 aliphatic carbocycles. The first-order valence-electron chi connectivity index (χ1n) is 7.84. The number of carbonyl (C=O) groups excluding carboxylic acids is 2. The third kappa shape index (κ3) is 4.56. The van der Waals surface area contributed by atoms with E-state index in [1.165, 1.54) is 6.92 Å². The Kier molecular flexibility index (Phi) is 5.95. The number of anilines is 1. The van der Waals surface area contributed by atoms with Gasteiger partial charge in [0.2, 0.25) is 5.91 Å². The highest BCUT2D eigenvalue weighted by atomic mass is 16.5. The van der Waals surface area contributed by atoms with E-state index < -0.39 is 0 Å². The molecule has 0 bridgehead atoms. The summed E-state index contributed by atoms with van der Waals surface area (Å²) in [5, 5.41) is 2.70. The van der Waals surface area contributed by atoms with Gasteiger partial charge in [-0.25, -0.2) is 0 Å². The van der Waals surface area contributed by atoms with Crippen molar-refractivity contribution in [2.45, 2.75) is 26.7 Å². The summed E-state index contributed by atoms with van der Waals surface area (Å²) in [7, 11) is 0. The summed E-state index contributed by atoms with van der Waals surface area (Å²) in [5.41, 5.74) is 1.36. The van der Waals surface area contributed by atoms with E-state index in [1.54, 1.807) is 24.3 Å². The average Bonchev–Trinajstić information content (AvgIpc) is 2.53. The van der Waals surface area contributed by atoms with Crippen LogP contribution in [0.1, 0.15) is 37.0 Å². The predicted octanol–water partition coefficient (Wildman–Crippen LogP) is 2.53. The van der Waals surface area contributed by atoms with E-state index in [0.29, 0.717) is 17.2 Å². The molecule has 5 nitrogen and oxygen atoms in total. The molecule has 2 rings (SSSR count). The van der Waals surface area contributed by atoms with Crippen LogP contribution in [0.5, 0.6) is 0 Å².